The molecule has 0 atom stereocenters. The van der Waals surface area contributed by atoms with E-state index in [2.05, 4.69) is 31.2 Å². The molecule has 0 radical (unpaired) electrons. The van der Waals surface area contributed by atoms with Crippen molar-refractivity contribution in [3.8, 4) is 17.0 Å². The van der Waals surface area contributed by atoms with Crippen LogP contribution in [0.25, 0.3) is 11.3 Å². The van der Waals surface area contributed by atoms with Crippen molar-refractivity contribution < 1.29 is 28.0 Å². The molecule has 2 aromatic heterocycles. The van der Waals surface area contributed by atoms with Crippen molar-refractivity contribution in [3.05, 3.63) is 42.2 Å². The number of amides is 3. The topological polar surface area (TPSA) is 161 Å². The van der Waals surface area contributed by atoms with E-state index < -0.39 is 12.9 Å². The molecular weight excluding hydrogens is 492 g/mol. The highest BCUT2D eigenvalue weighted by atomic mass is 16.5. The van der Waals surface area contributed by atoms with Crippen LogP contribution < -0.4 is 26.0 Å². The van der Waals surface area contributed by atoms with Gasteiger partial charge in [0, 0.05) is 48.5 Å². The first-order valence-electron chi connectivity index (χ1n) is 13.3. The number of para-hydroxylation sites is 1. The van der Waals surface area contributed by atoms with Gasteiger partial charge in [0.1, 0.15) is 6.61 Å². The molecule has 0 bridgehead atoms. The SMILES string of the molecule is [2H]C([2H])([2H])NC(=O)c1nnc(NC(=O)C2CC2)cc1Nc1cccc(-c2ccn(CCNC(=O)COC)n2)c1OC. The van der Waals surface area contributed by atoms with Crippen LogP contribution in [0, 0.1) is 5.92 Å². The van der Waals surface area contributed by atoms with Crippen molar-refractivity contribution in [2.24, 2.45) is 5.92 Å². The number of rotatable bonds is 12. The Morgan fingerprint density at radius 1 is 1.16 bits per heavy atom. The quantitative estimate of drug-likeness (QED) is 0.275. The summed E-state index contributed by atoms with van der Waals surface area (Å²) < 4.78 is 34.3. The van der Waals surface area contributed by atoms with E-state index in [-0.39, 0.29) is 41.5 Å². The summed E-state index contributed by atoms with van der Waals surface area (Å²) in [4.78, 5) is 36.6. The standard InChI is InChI=1S/C25H30N8O5/c1-26-25(36)22-19(13-20(30-31-22)29-24(35)15-7-8-15)28-18-6-4-5-16(23(18)38-3)17-9-11-33(32-17)12-10-27-21(34)14-37-2/h4-6,9,11,13,15H,7-8,10,12,14H2,1-3H3,(H,26,36)(H,27,34)(H2,28,29,30,35)/i1D3. The van der Waals surface area contributed by atoms with Crippen molar-refractivity contribution >= 4 is 34.9 Å². The summed E-state index contributed by atoms with van der Waals surface area (Å²) in [7, 11) is 2.92. The summed E-state index contributed by atoms with van der Waals surface area (Å²) in [5.41, 5.74) is 1.43. The fraction of sp³-hybridized carbons (Fsp3) is 0.360. The lowest BCUT2D eigenvalue weighted by Crippen LogP contribution is -2.30. The fourth-order valence-corrected chi connectivity index (χ4v) is 3.67. The molecule has 1 aliphatic carbocycles. The molecule has 0 aliphatic heterocycles. The van der Waals surface area contributed by atoms with Gasteiger partial charge in [-0.1, -0.05) is 6.07 Å². The summed E-state index contributed by atoms with van der Waals surface area (Å²) in [6.45, 7) is -1.99. The molecule has 0 unspecified atom stereocenters. The van der Waals surface area contributed by atoms with E-state index in [1.54, 1.807) is 35.1 Å². The van der Waals surface area contributed by atoms with Crippen molar-refractivity contribution in [2.75, 3.05) is 45.0 Å². The zero-order valence-corrected chi connectivity index (χ0v) is 20.9. The number of methoxy groups -OCH3 is 2. The number of hydrogen-bond acceptors (Lipinski definition) is 9. The summed E-state index contributed by atoms with van der Waals surface area (Å²) >= 11 is 0. The number of carbonyl (C=O) groups excluding carboxylic acids is 3. The van der Waals surface area contributed by atoms with Crippen molar-refractivity contribution in [1.29, 1.82) is 0 Å². The first-order chi connectivity index (χ1) is 19.6. The zero-order chi connectivity index (χ0) is 29.6. The second-order valence-electron chi connectivity index (χ2n) is 8.47. The molecule has 38 heavy (non-hydrogen) atoms. The van der Waals surface area contributed by atoms with E-state index >= 15 is 0 Å². The number of carbonyl (C=O) groups is 3. The van der Waals surface area contributed by atoms with Crippen molar-refractivity contribution in [2.45, 2.75) is 19.4 Å². The minimum absolute atomic E-state index is 0.0255. The number of aromatic nitrogens is 4. The van der Waals surface area contributed by atoms with Gasteiger partial charge in [0.05, 0.1) is 30.7 Å². The zero-order valence-electron chi connectivity index (χ0n) is 23.9. The van der Waals surface area contributed by atoms with Crippen LogP contribution in [0.15, 0.2) is 36.5 Å². The molecule has 200 valence electrons. The van der Waals surface area contributed by atoms with Gasteiger partial charge in [0.25, 0.3) is 5.91 Å². The largest absolute Gasteiger partial charge is 0.494 e. The molecule has 1 aromatic carbocycles. The average molecular weight is 526 g/mol. The molecule has 1 fully saturated rings. The first kappa shape index (κ1) is 22.7. The molecule has 3 aromatic rings. The van der Waals surface area contributed by atoms with Gasteiger partial charge in [-0.3, -0.25) is 19.1 Å². The third-order valence-corrected chi connectivity index (χ3v) is 5.67. The normalized spacial score (nSPS) is 14.0. The van der Waals surface area contributed by atoms with Gasteiger partial charge in [0.2, 0.25) is 11.8 Å². The molecule has 0 saturated heterocycles. The summed E-state index contributed by atoms with van der Waals surface area (Å²) in [6, 6.07) is 8.43. The minimum atomic E-state index is -2.75. The number of ether oxygens (including phenoxy) is 2. The van der Waals surface area contributed by atoms with Crippen LogP contribution in [-0.4, -0.2) is 72.0 Å². The van der Waals surface area contributed by atoms with Crippen LogP contribution >= 0.6 is 0 Å². The lowest BCUT2D eigenvalue weighted by Gasteiger charge is -2.16. The van der Waals surface area contributed by atoms with E-state index in [4.69, 9.17) is 13.6 Å². The van der Waals surface area contributed by atoms with Crippen molar-refractivity contribution in [1.82, 2.24) is 30.6 Å². The fourth-order valence-electron chi connectivity index (χ4n) is 3.67. The Morgan fingerprint density at radius 3 is 2.74 bits per heavy atom. The van der Waals surface area contributed by atoms with Gasteiger partial charge < -0.3 is 30.7 Å². The Kier molecular flexibility index (Phi) is 7.24. The molecule has 1 saturated carbocycles. The third kappa shape index (κ3) is 6.42. The lowest BCUT2D eigenvalue weighted by atomic mass is 10.1. The highest BCUT2D eigenvalue weighted by molar-refractivity contribution is 6.00. The van der Waals surface area contributed by atoms with Crippen LogP contribution in [0.3, 0.4) is 0 Å². The van der Waals surface area contributed by atoms with Gasteiger partial charge in [-0.05, 0) is 31.0 Å². The van der Waals surface area contributed by atoms with E-state index in [1.807, 2.05) is 5.32 Å². The van der Waals surface area contributed by atoms with Crippen LogP contribution in [0.2, 0.25) is 0 Å². The monoisotopic (exact) mass is 525 g/mol. The summed E-state index contributed by atoms with van der Waals surface area (Å²) in [5.74, 6) is -1.03. The van der Waals surface area contributed by atoms with Gasteiger partial charge in [-0.2, -0.15) is 5.10 Å². The Balaban J connectivity index is 1.60. The molecule has 13 heteroatoms. The summed E-state index contributed by atoms with van der Waals surface area (Å²) in [5, 5.41) is 22.7. The number of hydrogen-bond donors (Lipinski definition) is 4. The van der Waals surface area contributed by atoms with Gasteiger partial charge in [-0.25, -0.2) is 0 Å². The molecule has 2 heterocycles. The maximum atomic E-state index is 12.8. The number of nitrogens with zero attached hydrogens (tertiary/aromatic N) is 4. The maximum Gasteiger partial charge on any atom is 0.273 e. The number of benzene rings is 1. The first-order valence-corrected chi connectivity index (χ1v) is 11.8. The van der Waals surface area contributed by atoms with E-state index in [0.717, 1.165) is 12.8 Å². The molecule has 4 N–H and O–H groups in total. The van der Waals surface area contributed by atoms with Gasteiger partial charge in [0.15, 0.2) is 17.3 Å². The minimum Gasteiger partial charge on any atom is -0.494 e. The van der Waals surface area contributed by atoms with Crippen molar-refractivity contribution in [3.63, 3.8) is 0 Å². The molecular formula is C25H30N8O5. The van der Waals surface area contributed by atoms with Gasteiger partial charge >= 0.3 is 0 Å². The molecule has 1 aliphatic rings. The third-order valence-electron chi connectivity index (χ3n) is 5.67. The Labute approximate surface area is 223 Å². The van der Waals surface area contributed by atoms with E-state index in [0.29, 0.717) is 35.8 Å². The molecule has 0 spiro atoms. The number of nitrogens with one attached hydrogen (secondary N) is 4. The second-order valence-corrected chi connectivity index (χ2v) is 8.47. The van der Waals surface area contributed by atoms with Gasteiger partial charge in [-0.15, -0.1) is 10.2 Å². The smallest absolute Gasteiger partial charge is 0.273 e. The van der Waals surface area contributed by atoms with Crippen LogP contribution in [-0.2, 0) is 20.9 Å². The molecule has 4 rings (SSSR count). The number of anilines is 3. The highest BCUT2D eigenvalue weighted by Gasteiger charge is 2.30. The Hall–Kier alpha value is -4.52. The van der Waals surface area contributed by atoms with E-state index in [1.165, 1.54) is 20.3 Å². The second kappa shape index (κ2) is 12.1. The predicted octanol–water partition coefficient (Wildman–Crippen LogP) is 1.56. The Morgan fingerprint density at radius 2 is 2.00 bits per heavy atom. The molecule has 13 nitrogen and oxygen atoms in total. The molecule has 3 amide bonds. The highest BCUT2D eigenvalue weighted by Crippen LogP contribution is 2.38. The summed E-state index contributed by atoms with van der Waals surface area (Å²) in [6.07, 6.45) is 3.33. The van der Waals surface area contributed by atoms with E-state index in [9.17, 15) is 14.4 Å². The van der Waals surface area contributed by atoms with Crippen LogP contribution in [0.5, 0.6) is 5.75 Å². The Bertz CT molecular complexity index is 1420. The lowest BCUT2D eigenvalue weighted by molar-refractivity contribution is -0.124. The average Bonchev–Trinajstić information content (AvgIpc) is 3.66. The maximum absolute atomic E-state index is 12.8. The van der Waals surface area contributed by atoms with Crippen LogP contribution in [0.1, 0.15) is 27.4 Å². The van der Waals surface area contributed by atoms with Crippen LogP contribution in [0.4, 0.5) is 17.2 Å². The predicted molar refractivity (Wildman–Crippen MR) is 139 cm³/mol.